The SMILES string of the molecule is COCC1(C(=O)OCOC(=O)C(C)C)CS[C@@H]2C(NC(=O)C(=NOC)C(=O)CCl)C(=O)N2C1. The number of β-lactam (4-membered cyclic amide) rings is 1. The van der Waals surface area contributed by atoms with E-state index in [4.69, 9.17) is 25.8 Å². The summed E-state index contributed by atoms with van der Waals surface area (Å²) in [5.74, 6) is -3.91. The van der Waals surface area contributed by atoms with Gasteiger partial charge in [-0.3, -0.25) is 24.0 Å². The van der Waals surface area contributed by atoms with Crippen molar-refractivity contribution in [3.05, 3.63) is 0 Å². The topological polar surface area (TPSA) is 150 Å². The average molecular weight is 508 g/mol. The fourth-order valence-electron chi connectivity index (χ4n) is 3.22. The van der Waals surface area contributed by atoms with Crippen LogP contribution in [0.25, 0.3) is 0 Å². The highest BCUT2D eigenvalue weighted by molar-refractivity contribution is 8.00. The lowest BCUT2D eigenvalue weighted by molar-refractivity contribution is -0.180. The van der Waals surface area contributed by atoms with Gasteiger partial charge in [0.25, 0.3) is 5.91 Å². The highest BCUT2D eigenvalue weighted by atomic mass is 35.5. The maximum absolute atomic E-state index is 12.8. The third kappa shape index (κ3) is 5.95. The van der Waals surface area contributed by atoms with Crippen LogP contribution in [-0.4, -0.2) is 97.4 Å². The molecule has 14 heteroatoms. The van der Waals surface area contributed by atoms with Crippen LogP contribution in [0, 0.1) is 11.3 Å². The number of ether oxygens (including phenoxy) is 3. The molecule has 0 aromatic carbocycles. The molecule has 0 saturated carbocycles. The number of rotatable bonds is 11. The number of nitrogens with zero attached hydrogens (tertiary/aromatic N) is 2. The molecule has 33 heavy (non-hydrogen) atoms. The summed E-state index contributed by atoms with van der Waals surface area (Å²) in [6.07, 6.45) is 0. The first-order chi connectivity index (χ1) is 15.6. The van der Waals surface area contributed by atoms with E-state index in [9.17, 15) is 24.0 Å². The van der Waals surface area contributed by atoms with Gasteiger partial charge in [0.15, 0.2) is 0 Å². The van der Waals surface area contributed by atoms with E-state index in [1.54, 1.807) is 13.8 Å². The number of esters is 2. The van der Waals surface area contributed by atoms with Crippen LogP contribution in [0.5, 0.6) is 0 Å². The Kier molecular flexibility index (Phi) is 9.49. The largest absolute Gasteiger partial charge is 0.428 e. The predicted molar refractivity (Wildman–Crippen MR) is 116 cm³/mol. The summed E-state index contributed by atoms with van der Waals surface area (Å²) in [5, 5.41) is 5.38. The molecule has 2 rings (SSSR count). The molecule has 1 N–H and O–H groups in total. The number of alkyl halides is 1. The van der Waals surface area contributed by atoms with Crippen LogP contribution < -0.4 is 5.32 Å². The molecular formula is C19H26ClN3O9S. The maximum Gasteiger partial charge on any atom is 0.319 e. The number of methoxy groups -OCH3 is 1. The smallest absolute Gasteiger partial charge is 0.319 e. The van der Waals surface area contributed by atoms with Crippen LogP contribution in [0.3, 0.4) is 0 Å². The number of carbonyl (C=O) groups excluding carboxylic acids is 5. The number of halogens is 1. The minimum absolute atomic E-state index is 0.0136. The predicted octanol–water partition coefficient (Wildman–Crippen LogP) is -0.471. The van der Waals surface area contributed by atoms with Crippen LogP contribution in [-0.2, 0) is 43.0 Å². The van der Waals surface area contributed by atoms with Gasteiger partial charge in [0.05, 0.1) is 18.4 Å². The van der Waals surface area contributed by atoms with Crippen LogP contribution in [0.15, 0.2) is 5.16 Å². The second-order valence-corrected chi connectivity index (χ2v) is 9.05. The van der Waals surface area contributed by atoms with Gasteiger partial charge >= 0.3 is 11.9 Å². The van der Waals surface area contributed by atoms with Crippen molar-refractivity contribution in [2.45, 2.75) is 25.3 Å². The van der Waals surface area contributed by atoms with E-state index in [1.165, 1.54) is 30.9 Å². The molecular weight excluding hydrogens is 482 g/mol. The van der Waals surface area contributed by atoms with E-state index in [1.807, 2.05) is 0 Å². The van der Waals surface area contributed by atoms with Crippen molar-refractivity contribution in [3.63, 3.8) is 0 Å². The number of fused-ring (bicyclic) bond motifs is 1. The second kappa shape index (κ2) is 11.7. The lowest BCUT2D eigenvalue weighted by atomic mass is 9.88. The van der Waals surface area contributed by atoms with Crippen molar-refractivity contribution in [3.8, 4) is 0 Å². The lowest BCUT2D eigenvalue weighted by Gasteiger charge is -2.53. The number of hydrogen-bond donors (Lipinski definition) is 1. The van der Waals surface area contributed by atoms with Crippen molar-refractivity contribution in [1.82, 2.24) is 10.2 Å². The summed E-state index contributed by atoms with van der Waals surface area (Å²) < 4.78 is 15.2. The molecule has 2 amide bonds. The van der Waals surface area contributed by atoms with Gasteiger partial charge in [-0.2, -0.15) is 0 Å². The average Bonchev–Trinajstić information content (AvgIpc) is 2.80. The molecule has 2 saturated heterocycles. The summed E-state index contributed by atoms with van der Waals surface area (Å²) in [6, 6.07) is -0.920. The fourth-order valence-corrected chi connectivity index (χ4v) is 4.86. The molecule has 0 bridgehead atoms. The van der Waals surface area contributed by atoms with Gasteiger partial charge in [-0.1, -0.05) is 19.0 Å². The Bertz CT molecular complexity index is 837. The monoisotopic (exact) mass is 507 g/mol. The maximum atomic E-state index is 12.8. The van der Waals surface area contributed by atoms with Crippen LogP contribution >= 0.6 is 23.4 Å². The number of oxime groups is 1. The summed E-state index contributed by atoms with van der Waals surface area (Å²) in [7, 11) is 2.58. The van der Waals surface area contributed by atoms with Gasteiger partial charge in [0.1, 0.15) is 23.9 Å². The summed E-state index contributed by atoms with van der Waals surface area (Å²) >= 11 is 6.73. The molecule has 184 valence electrons. The van der Waals surface area contributed by atoms with Crippen molar-refractivity contribution >= 4 is 58.6 Å². The third-order valence-corrected chi connectivity index (χ3v) is 6.76. The summed E-state index contributed by atoms with van der Waals surface area (Å²) in [5.41, 5.74) is -1.73. The van der Waals surface area contributed by atoms with Crippen LogP contribution in [0.1, 0.15) is 13.8 Å². The molecule has 3 atom stereocenters. The highest BCUT2D eigenvalue weighted by Gasteiger charge is 2.58. The minimum atomic E-state index is -1.18. The Morgan fingerprint density at radius 3 is 2.55 bits per heavy atom. The van der Waals surface area contributed by atoms with Gasteiger partial charge < -0.3 is 29.3 Å². The van der Waals surface area contributed by atoms with E-state index in [0.29, 0.717) is 0 Å². The van der Waals surface area contributed by atoms with E-state index in [2.05, 4.69) is 15.3 Å². The zero-order valence-electron chi connectivity index (χ0n) is 18.6. The Labute approximate surface area is 199 Å². The lowest BCUT2D eigenvalue weighted by Crippen LogP contribution is -2.74. The standard InChI is InChI=1S/C19H26ClN3O9S/c1-10(2)17(27)31-9-32-18(28)19(7-29-3)6-23-15(26)13(16(23)33-8-19)21-14(25)12(22-30-4)11(24)5-20/h10,13,16H,5-9H2,1-4H3,(H,21,25)/t13?,16-,19?/m1/s1. The molecule has 2 aliphatic heterocycles. The number of nitrogens with one attached hydrogen (secondary N) is 1. The number of hydrogen-bond acceptors (Lipinski definition) is 11. The molecule has 12 nitrogen and oxygen atoms in total. The second-order valence-electron chi connectivity index (χ2n) is 7.68. The van der Waals surface area contributed by atoms with Gasteiger partial charge in [-0.05, 0) is 0 Å². The van der Waals surface area contributed by atoms with E-state index in [-0.39, 0.29) is 24.8 Å². The molecule has 2 fully saturated rings. The Balaban J connectivity index is 2.03. The summed E-state index contributed by atoms with van der Waals surface area (Å²) in [6.45, 7) is 2.71. The van der Waals surface area contributed by atoms with E-state index < -0.39 is 64.8 Å². The Morgan fingerprint density at radius 2 is 1.97 bits per heavy atom. The van der Waals surface area contributed by atoms with Crippen molar-refractivity contribution in [2.75, 3.05) is 45.8 Å². The zero-order valence-corrected chi connectivity index (χ0v) is 20.2. The van der Waals surface area contributed by atoms with Gasteiger partial charge in [0, 0.05) is 19.4 Å². The first-order valence-electron chi connectivity index (χ1n) is 9.88. The van der Waals surface area contributed by atoms with Crippen molar-refractivity contribution < 1.29 is 43.0 Å². The Morgan fingerprint density at radius 1 is 1.27 bits per heavy atom. The van der Waals surface area contributed by atoms with Gasteiger partial charge in [-0.25, -0.2) is 0 Å². The van der Waals surface area contributed by atoms with E-state index in [0.717, 1.165) is 0 Å². The number of thioether (sulfide) groups is 1. The number of ketones is 1. The third-order valence-electron chi connectivity index (χ3n) is 4.93. The fraction of sp³-hybridized carbons (Fsp3) is 0.684. The number of Topliss-reactive ketones (excluding diaryl/α,β-unsaturated/α-hetero) is 1. The molecule has 2 unspecified atom stereocenters. The first kappa shape index (κ1) is 26.9. The van der Waals surface area contributed by atoms with Crippen LogP contribution in [0.4, 0.5) is 0 Å². The normalized spacial score (nSPS) is 24.5. The summed E-state index contributed by atoms with van der Waals surface area (Å²) in [4.78, 5) is 67.1. The number of carbonyl (C=O) groups is 5. The zero-order chi connectivity index (χ0) is 24.8. The first-order valence-corrected chi connectivity index (χ1v) is 11.5. The quantitative estimate of drug-likeness (QED) is 0.0739. The molecule has 0 aliphatic carbocycles. The molecule has 0 spiro atoms. The number of amides is 2. The van der Waals surface area contributed by atoms with Gasteiger partial charge in [-0.15, -0.1) is 23.4 Å². The Hall–Kier alpha value is -2.38. The highest BCUT2D eigenvalue weighted by Crippen LogP contribution is 2.42. The van der Waals surface area contributed by atoms with Gasteiger partial charge in [0.2, 0.25) is 24.2 Å². The minimum Gasteiger partial charge on any atom is -0.428 e. The van der Waals surface area contributed by atoms with Crippen LogP contribution in [0.2, 0.25) is 0 Å². The van der Waals surface area contributed by atoms with Crippen molar-refractivity contribution in [2.24, 2.45) is 16.5 Å². The van der Waals surface area contributed by atoms with E-state index >= 15 is 0 Å². The molecule has 2 aliphatic rings. The molecule has 2 heterocycles. The van der Waals surface area contributed by atoms with Crippen molar-refractivity contribution in [1.29, 1.82) is 0 Å². The molecule has 0 aromatic heterocycles. The molecule has 0 aromatic rings. The molecule has 0 radical (unpaired) electrons.